The monoisotopic (exact) mass is 397 g/mol. The van der Waals surface area contributed by atoms with Crippen molar-refractivity contribution in [2.75, 3.05) is 49.7 Å². The lowest BCUT2D eigenvalue weighted by atomic mass is 10.2. The molecular weight excluding hydrogens is 374 g/mol. The van der Waals surface area contributed by atoms with E-state index in [4.69, 9.17) is 14.0 Å². The summed E-state index contributed by atoms with van der Waals surface area (Å²) >= 11 is 0. The normalized spacial score (nSPS) is 14.3. The fourth-order valence-electron chi connectivity index (χ4n) is 3.47. The summed E-state index contributed by atoms with van der Waals surface area (Å²) in [6.45, 7) is 6.91. The molecule has 1 aliphatic heterocycles. The molecule has 0 amide bonds. The highest BCUT2D eigenvalue weighted by molar-refractivity contribution is 5.93. The van der Waals surface area contributed by atoms with Gasteiger partial charge in [0.2, 0.25) is 5.82 Å². The van der Waals surface area contributed by atoms with E-state index in [-0.39, 0.29) is 12.4 Å². The molecule has 0 saturated carbocycles. The molecule has 2 aromatic heterocycles. The minimum Gasteiger partial charge on any atom is -0.497 e. The maximum atomic E-state index is 12.2. The van der Waals surface area contributed by atoms with Gasteiger partial charge in [0, 0.05) is 37.9 Å². The topological polar surface area (TPSA) is 93.8 Å². The van der Waals surface area contributed by atoms with Gasteiger partial charge < -0.3 is 23.8 Å². The Hall–Kier alpha value is -3.36. The summed E-state index contributed by atoms with van der Waals surface area (Å²) < 4.78 is 15.7. The Balaban J connectivity index is 1.60. The summed E-state index contributed by atoms with van der Waals surface area (Å²) in [4.78, 5) is 25.3. The first-order chi connectivity index (χ1) is 14.1. The number of aromatic nitrogens is 3. The van der Waals surface area contributed by atoms with Gasteiger partial charge in [-0.3, -0.25) is 0 Å². The van der Waals surface area contributed by atoms with Crippen molar-refractivity contribution in [3.8, 4) is 5.75 Å². The summed E-state index contributed by atoms with van der Waals surface area (Å²) in [5.41, 5.74) is 2.11. The number of carbonyl (C=O) groups excluding carboxylic acids is 1. The van der Waals surface area contributed by atoms with Crippen molar-refractivity contribution in [1.82, 2.24) is 15.1 Å². The van der Waals surface area contributed by atoms with Gasteiger partial charge in [0.05, 0.1) is 19.4 Å². The van der Waals surface area contributed by atoms with E-state index in [0.29, 0.717) is 17.2 Å². The van der Waals surface area contributed by atoms with E-state index in [1.54, 1.807) is 14.0 Å². The number of fused-ring (bicyclic) bond motifs is 1. The molecule has 0 unspecified atom stereocenters. The average molecular weight is 397 g/mol. The van der Waals surface area contributed by atoms with Gasteiger partial charge in [-0.2, -0.15) is 4.98 Å². The number of anilines is 2. The Morgan fingerprint density at radius 3 is 2.66 bits per heavy atom. The molecule has 1 aromatic carbocycles. The van der Waals surface area contributed by atoms with E-state index in [9.17, 15) is 4.79 Å². The Kier molecular flexibility index (Phi) is 5.20. The molecule has 1 aliphatic rings. The maximum Gasteiger partial charge on any atom is 0.376 e. The minimum atomic E-state index is -0.570. The third-order valence-corrected chi connectivity index (χ3v) is 4.94. The first-order valence-corrected chi connectivity index (χ1v) is 9.55. The van der Waals surface area contributed by atoms with Gasteiger partial charge in [0.25, 0.3) is 5.71 Å². The fourth-order valence-corrected chi connectivity index (χ4v) is 3.47. The van der Waals surface area contributed by atoms with Crippen LogP contribution in [0.3, 0.4) is 0 Å². The zero-order chi connectivity index (χ0) is 20.4. The molecule has 4 rings (SSSR count). The molecule has 152 valence electrons. The minimum absolute atomic E-state index is 0.0132. The highest BCUT2D eigenvalue weighted by atomic mass is 16.5. The number of ether oxygens (including phenoxy) is 2. The van der Waals surface area contributed by atoms with Crippen LogP contribution >= 0.6 is 0 Å². The Labute approximate surface area is 168 Å². The molecule has 0 atom stereocenters. The Bertz CT molecular complexity index is 1030. The van der Waals surface area contributed by atoms with Crippen molar-refractivity contribution in [2.24, 2.45) is 0 Å². The second-order valence-corrected chi connectivity index (χ2v) is 6.72. The van der Waals surface area contributed by atoms with Crippen molar-refractivity contribution >= 4 is 28.6 Å². The number of benzene rings is 1. The zero-order valence-electron chi connectivity index (χ0n) is 16.7. The fraction of sp³-hybridized carbons (Fsp3) is 0.400. The summed E-state index contributed by atoms with van der Waals surface area (Å²) in [5.74, 6) is 0.907. The molecule has 0 bridgehead atoms. The highest BCUT2D eigenvalue weighted by Gasteiger charge is 2.26. The van der Waals surface area contributed by atoms with E-state index in [2.05, 4.69) is 31.0 Å². The third kappa shape index (κ3) is 3.67. The average Bonchev–Trinajstić information content (AvgIpc) is 3.14. The largest absolute Gasteiger partial charge is 0.497 e. The predicted octanol–water partition coefficient (Wildman–Crippen LogP) is 2.44. The first kappa shape index (κ1) is 19.0. The van der Waals surface area contributed by atoms with Crippen molar-refractivity contribution < 1.29 is 18.8 Å². The van der Waals surface area contributed by atoms with Crippen LogP contribution in [0.25, 0.3) is 11.1 Å². The molecule has 3 aromatic rings. The molecule has 0 N–H and O–H groups in total. The summed E-state index contributed by atoms with van der Waals surface area (Å²) in [5, 5.41) is 4.73. The van der Waals surface area contributed by atoms with Crippen LogP contribution < -0.4 is 14.5 Å². The van der Waals surface area contributed by atoms with Crippen molar-refractivity contribution in [1.29, 1.82) is 0 Å². The number of hydrogen-bond donors (Lipinski definition) is 0. The van der Waals surface area contributed by atoms with E-state index in [1.165, 1.54) is 0 Å². The van der Waals surface area contributed by atoms with Gasteiger partial charge in [0.15, 0.2) is 0 Å². The molecule has 1 saturated heterocycles. The van der Waals surface area contributed by atoms with Crippen LogP contribution in [0.5, 0.6) is 5.75 Å². The molecule has 9 nitrogen and oxygen atoms in total. The lowest BCUT2D eigenvalue weighted by Gasteiger charge is -2.37. The van der Waals surface area contributed by atoms with Gasteiger partial charge in [-0.05, 0) is 26.0 Å². The van der Waals surface area contributed by atoms with E-state index >= 15 is 0 Å². The lowest BCUT2D eigenvalue weighted by Crippen LogP contribution is -2.47. The van der Waals surface area contributed by atoms with Crippen LogP contribution in [0.15, 0.2) is 28.8 Å². The summed E-state index contributed by atoms with van der Waals surface area (Å²) in [6, 6.07) is 8.02. The molecule has 0 radical (unpaired) electrons. The van der Waals surface area contributed by atoms with Crippen LogP contribution in [-0.4, -0.2) is 61.0 Å². The van der Waals surface area contributed by atoms with Crippen LogP contribution in [0, 0.1) is 6.92 Å². The number of nitrogens with zero attached hydrogens (tertiary/aromatic N) is 5. The first-order valence-electron chi connectivity index (χ1n) is 9.55. The standard InChI is InChI=1S/C20H23N5O4/c1-4-28-20(26)17-21-18(16-13(2)23-29-19(16)22-17)25-10-8-24(9-11-25)14-6-5-7-15(12-14)27-3/h5-7,12H,4,8-11H2,1-3H3. The van der Waals surface area contributed by atoms with E-state index < -0.39 is 5.97 Å². The number of rotatable bonds is 5. The van der Waals surface area contributed by atoms with E-state index in [1.807, 2.05) is 25.1 Å². The molecule has 9 heteroatoms. The quantitative estimate of drug-likeness (QED) is 0.602. The molecule has 29 heavy (non-hydrogen) atoms. The van der Waals surface area contributed by atoms with Crippen LogP contribution in [-0.2, 0) is 4.74 Å². The number of carbonyl (C=O) groups is 1. The second-order valence-electron chi connectivity index (χ2n) is 6.72. The molecular formula is C20H23N5O4. The number of methoxy groups -OCH3 is 1. The van der Waals surface area contributed by atoms with Crippen LogP contribution in [0.4, 0.5) is 11.5 Å². The number of hydrogen-bond acceptors (Lipinski definition) is 9. The number of esters is 1. The van der Waals surface area contributed by atoms with Crippen LogP contribution in [0.1, 0.15) is 23.2 Å². The lowest BCUT2D eigenvalue weighted by molar-refractivity contribution is 0.0512. The van der Waals surface area contributed by atoms with Crippen molar-refractivity contribution in [2.45, 2.75) is 13.8 Å². The predicted molar refractivity (Wildman–Crippen MR) is 108 cm³/mol. The smallest absolute Gasteiger partial charge is 0.376 e. The zero-order valence-corrected chi connectivity index (χ0v) is 16.7. The second kappa shape index (κ2) is 7.94. The Morgan fingerprint density at radius 2 is 1.93 bits per heavy atom. The van der Waals surface area contributed by atoms with Crippen molar-refractivity contribution in [3.05, 3.63) is 35.8 Å². The van der Waals surface area contributed by atoms with Crippen molar-refractivity contribution in [3.63, 3.8) is 0 Å². The maximum absolute atomic E-state index is 12.2. The van der Waals surface area contributed by atoms with Gasteiger partial charge >= 0.3 is 5.97 Å². The summed E-state index contributed by atoms with van der Waals surface area (Å²) in [6.07, 6.45) is 0. The van der Waals surface area contributed by atoms with Gasteiger partial charge in [0.1, 0.15) is 17.0 Å². The van der Waals surface area contributed by atoms with Gasteiger partial charge in [-0.15, -0.1) is 0 Å². The third-order valence-electron chi connectivity index (χ3n) is 4.94. The highest BCUT2D eigenvalue weighted by Crippen LogP contribution is 2.29. The van der Waals surface area contributed by atoms with Gasteiger partial charge in [-0.1, -0.05) is 11.2 Å². The Morgan fingerprint density at radius 1 is 1.17 bits per heavy atom. The number of aryl methyl sites for hydroxylation is 1. The molecule has 0 spiro atoms. The van der Waals surface area contributed by atoms with E-state index in [0.717, 1.165) is 43.0 Å². The number of piperazine rings is 1. The van der Waals surface area contributed by atoms with Gasteiger partial charge in [-0.25, -0.2) is 9.78 Å². The van der Waals surface area contributed by atoms with Crippen LogP contribution in [0.2, 0.25) is 0 Å². The summed E-state index contributed by atoms with van der Waals surface area (Å²) in [7, 11) is 1.67. The molecule has 3 heterocycles. The SMILES string of the molecule is CCOC(=O)c1nc(N2CCN(c3cccc(OC)c3)CC2)c2c(C)noc2n1. The molecule has 0 aliphatic carbocycles. The molecule has 1 fully saturated rings.